The van der Waals surface area contributed by atoms with Gasteiger partial charge in [0.25, 0.3) is 0 Å². The van der Waals surface area contributed by atoms with Crippen molar-refractivity contribution in [2.45, 2.75) is 0 Å². The first-order chi connectivity index (χ1) is 15.6. The van der Waals surface area contributed by atoms with Gasteiger partial charge >= 0.3 is 0 Å². The van der Waals surface area contributed by atoms with Crippen LogP contribution < -0.4 is 9.80 Å². The van der Waals surface area contributed by atoms with Crippen molar-refractivity contribution in [2.75, 3.05) is 23.9 Å². The Labute approximate surface area is 187 Å². The minimum Gasteiger partial charge on any atom is -0.344 e. The summed E-state index contributed by atoms with van der Waals surface area (Å²) in [6.07, 6.45) is 0. The second-order valence-corrected chi connectivity index (χ2v) is 7.85. The van der Waals surface area contributed by atoms with Crippen molar-refractivity contribution in [3.8, 4) is 0 Å². The van der Waals surface area contributed by atoms with Crippen LogP contribution in [0.1, 0.15) is 31.8 Å². The fourth-order valence-corrected chi connectivity index (χ4v) is 4.33. The van der Waals surface area contributed by atoms with Crippen LogP contribution in [0.5, 0.6) is 0 Å². The molecular weight excluding hydrogens is 396 g/mol. The fraction of sp³-hybridized carbons (Fsp3) is 0.0714. The Morgan fingerprint density at radius 2 is 0.812 bits per heavy atom. The van der Waals surface area contributed by atoms with Crippen molar-refractivity contribution < 1.29 is 9.59 Å². The van der Waals surface area contributed by atoms with Gasteiger partial charge in [-0.2, -0.15) is 0 Å². The van der Waals surface area contributed by atoms with Crippen LogP contribution in [0.15, 0.2) is 97.1 Å². The van der Waals surface area contributed by atoms with Gasteiger partial charge in [0.1, 0.15) is 0 Å². The van der Waals surface area contributed by atoms with E-state index in [4.69, 9.17) is 0 Å². The first-order valence-electron chi connectivity index (χ1n) is 10.5. The molecule has 0 spiro atoms. The highest BCUT2D eigenvalue weighted by molar-refractivity contribution is 6.32. The number of para-hydroxylation sites is 2. The number of carbonyl (C=O) groups excluding carboxylic acids is 2. The van der Waals surface area contributed by atoms with E-state index in [0.29, 0.717) is 33.6 Å². The Hall–Kier alpha value is -4.18. The Bertz CT molecular complexity index is 1230. The minimum absolute atomic E-state index is 0.128. The molecule has 0 heterocycles. The smallest absolute Gasteiger partial charge is 0.196 e. The molecule has 0 N–H and O–H groups in total. The summed E-state index contributed by atoms with van der Waals surface area (Å²) in [6, 6.07) is 30.6. The van der Waals surface area contributed by atoms with Gasteiger partial charge in [-0.25, -0.2) is 0 Å². The average Bonchev–Trinajstić information content (AvgIpc) is 2.86. The van der Waals surface area contributed by atoms with Crippen LogP contribution in [0.3, 0.4) is 0 Å². The monoisotopic (exact) mass is 418 g/mol. The summed E-state index contributed by atoms with van der Waals surface area (Å²) in [6.45, 7) is 0. The molecule has 0 aliphatic heterocycles. The normalized spacial score (nSPS) is 12.2. The van der Waals surface area contributed by atoms with Gasteiger partial charge in [0.15, 0.2) is 11.6 Å². The molecule has 0 amide bonds. The van der Waals surface area contributed by atoms with E-state index in [0.717, 1.165) is 11.4 Å². The van der Waals surface area contributed by atoms with Crippen molar-refractivity contribution in [1.29, 1.82) is 0 Å². The molecule has 0 atom stereocenters. The first kappa shape index (κ1) is 19.8. The molecule has 1 aliphatic rings. The van der Waals surface area contributed by atoms with Crippen LogP contribution in [0.4, 0.5) is 22.7 Å². The van der Waals surface area contributed by atoms with Crippen LogP contribution in [-0.4, -0.2) is 25.7 Å². The molecule has 0 fully saturated rings. The number of fused-ring (bicyclic) bond motifs is 2. The molecule has 0 unspecified atom stereocenters. The van der Waals surface area contributed by atoms with E-state index in [2.05, 4.69) is 0 Å². The lowest BCUT2D eigenvalue weighted by Gasteiger charge is -2.30. The van der Waals surface area contributed by atoms with Gasteiger partial charge in [-0.15, -0.1) is 0 Å². The highest BCUT2D eigenvalue weighted by Gasteiger charge is 2.35. The molecule has 32 heavy (non-hydrogen) atoms. The predicted molar refractivity (Wildman–Crippen MR) is 129 cm³/mol. The predicted octanol–water partition coefficient (Wildman–Crippen LogP) is 6.00. The lowest BCUT2D eigenvalue weighted by atomic mass is 9.81. The van der Waals surface area contributed by atoms with Crippen molar-refractivity contribution in [3.05, 3.63) is 119 Å². The number of hydrogen-bond acceptors (Lipinski definition) is 4. The van der Waals surface area contributed by atoms with E-state index in [1.165, 1.54) is 0 Å². The number of ketones is 2. The number of rotatable bonds is 4. The summed E-state index contributed by atoms with van der Waals surface area (Å²) in [5, 5.41) is 0. The van der Waals surface area contributed by atoms with Crippen molar-refractivity contribution >= 4 is 34.3 Å². The summed E-state index contributed by atoms with van der Waals surface area (Å²) in [5.41, 5.74) is 5.10. The molecule has 0 aromatic heterocycles. The molecule has 0 saturated heterocycles. The summed E-state index contributed by atoms with van der Waals surface area (Å²) < 4.78 is 0. The van der Waals surface area contributed by atoms with E-state index >= 15 is 0 Å². The maximum atomic E-state index is 13.7. The molecule has 5 rings (SSSR count). The SMILES string of the molecule is CN(c1ccccc1)c1ccc(N(C)c2ccccc2)c2c1C(=O)c1ccccc1C2=O. The third-order valence-corrected chi connectivity index (χ3v) is 6.04. The lowest BCUT2D eigenvalue weighted by molar-refractivity contribution is 0.0980. The van der Waals surface area contributed by atoms with Crippen molar-refractivity contribution in [1.82, 2.24) is 0 Å². The lowest BCUT2D eigenvalue weighted by Crippen LogP contribution is -2.27. The van der Waals surface area contributed by atoms with Gasteiger partial charge < -0.3 is 9.80 Å². The van der Waals surface area contributed by atoms with Crippen LogP contribution in [0.25, 0.3) is 0 Å². The summed E-state index contributed by atoms with van der Waals surface area (Å²) in [4.78, 5) is 31.4. The average molecular weight is 418 g/mol. The van der Waals surface area contributed by atoms with E-state index in [1.54, 1.807) is 24.3 Å². The fourth-order valence-electron chi connectivity index (χ4n) is 4.33. The number of anilines is 4. The second kappa shape index (κ2) is 7.82. The van der Waals surface area contributed by atoms with Gasteiger partial charge in [-0.1, -0.05) is 60.7 Å². The molecule has 156 valence electrons. The van der Waals surface area contributed by atoms with Gasteiger partial charge in [0, 0.05) is 36.6 Å². The van der Waals surface area contributed by atoms with E-state index in [1.807, 2.05) is 96.7 Å². The summed E-state index contributed by atoms with van der Waals surface area (Å²) in [5.74, 6) is -0.257. The topological polar surface area (TPSA) is 40.6 Å². The summed E-state index contributed by atoms with van der Waals surface area (Å²) in [7, 11) is 3.84. The maximum Gasteiger partial charge on any atom is 0.196 e. The molecule has 0 saturated carbocycles. The van der Waals surface area contributed by atoms with Gasteiger partial charge in [0.05, 0.1) is 22.5 Å². The van der Waals surface area contributed by atoms with Crippen LogP contribution in [-0.2, 0) is 0 Å². The molecular formula is C28H22N2O2. The summed E-state index contributed by atoms with van der Waals surface area (Å²) >= 11 is 0. The molecule has 4 nitrogen and oxygen atoms in total. The third-order valence-electron chi connectivity index (χ3n) is 6.04. The van der Waals surface area contributed by atoms with Crippen molar-refractivity contribution in [3.63, 3.8) is 0 Å². The molecule has 4 heteroatoms. The third kappa shape index (κ3) is 3.08. The highest BCUT2D eigenvalue weighted by Crippen LogP contribution is 2.41. The molecule has 4 aromatic carbocycles. The Morgan fingerprint density at radius 3 is 1.19 bits per heavy atom. The molecule has 4 aromatic rings. The quantitative estimate of drug-likeness (QED) is 0.359. The number of hydrogen-bond donors (Lipinski definition) is 0. The zero-order valence-electron chi connectivity index (χ0n) is 17.9. The minimum atomic E-state index is -0.128. The van der Waals surface area contributed by atoms with Crippen molar-refractivity contribution in [2.24, 2.45) is 0 Å². The zero-order chi connectivity index (χ0) is 22.2. The van der Waals surface area contributed by atoms with Gasteiger partial charge in [0.2, 0.25) is 0 Å². The number of benzene rings is 4. The number of carbonyl (C=O) groups is 2. The van der Waals surface area contributed by atoms with E-state index in [-0.39, 0.29) is 11.6 Å². The Balaban J connectivity index is 1.76. The zero-order valence-corrected chi connectivity index (χ0v) is 17.9. The molecule has 0 radical (unpaired) electrons. The van der Waals surface area contributed by atoms with E-state index < -0.39 is 0 Å². The number of nitrogens with zero attached hydrogens (tertiary/aromatic N) is 2. The highest BCUT2D eigenvalue weighted by atomic mass is 16.1. The first-order valence-corrected chi connectivity index (χ1v) is 10.5. The molecule has 0 bridgehead atoms. The maximum absolute atomic E-state index is 13.7. The second-order valence-electron chi connectivity index (χ2n) is 7.85. The molecule has 1 aliphatic carbocycles. The van der Waals surface area contributed by atoms with Gasteiger partial charge in [-0.05, 0) is 36.4 Å². The van der Waals surface area contributed by atoms with Crippen LogP contribution >= 0.6 is 0 Å². The van der Waals surface area contributed by atoms with Crippen LogP contribution in [0, 0.1) is 0 Å². The largest absolute Gasteiger partial charge is 0.344 e. The van der Waals surface area contributed by atoms with Gasteiger partial charge in [-0.3, -0.25) is 9.59 Å². The Morgan fingerprint density at radius 1 is 0.469 bits per heavy atom. The standard InChI is InChI=1S/C28H22N2O2/c1-29(19-11-5-3-6-12-19)23-17-18-24(30(2)20-13-7-4-8-14-20)26-25(23)27(31)21-15-9-10-16-22(21)28(26)32/h3-18H,1-2H3. The Kier molecular flexibility index (Phi) is 4.83. The van der Waals surface area contributed by atoms with Crippen LogP contribution in [0.2, 0.25) is 0 Å². The van der Waals surface area contributed by atoms with E-state index in [9.17, 15) is 9.59 Å².